The number of hydrogen-bond acceptors (Lipinski definition) is 4. The van der Waals surface area contributed by atoms with Gasteiger partial charge in [0.05, 0.1) is 6.61 Å². The standard InChI is InChI=1S/C12H26N2OS/c1-10(12(9-15)16-3)13-7-11-5-4-6-14(2)8-11/h10-13,15H,4-9H2,1-3H3. The molecule has 1 fully saturated rings. The summed E-state index contributed by atoms with van der Waals surface area (Å²) < 4.78 is 0. The topological polar surface area (TPSA) is 35.5 Å². The second kappa shape index (κ2) is 7.54. The molecule has 3 unspecified atom stereocenters. The summed E-state index contributed by atoms with van der Waals surface area (Å²) in [5.74, 6) is 0.780. The van der Waals surface area contributed by atoms with E-state index >= 15 is 0 Å². The van der Waals surface area contributed by atoms with E-state index in [1.807, 2.05) is 0 Å². The zero-order valence-electron chi connectivity index (χ0n) is 10.8. The van der Waals surface area contributed by atoms with Crippen LogP contribution in [0, 0.1) is 5.92 Å². The van der Waals surface area contributed by atoms with Crippen molar-refractivity contribution in [1.29, 1.82) is 0 Å². The first-order valence-electron chi connectivity index (χ1n) is 6.23. The van der Waals surface area contributed by atoms with Gasteiger partial charge in [0, 0.05) is 17.8 Å². The molecule has 1 aliphatic heterocycles. The van der Waals surface area contributed by atoms with Gasteiger partial charge in [-0.15, -0.1) is 0 Å². The van der Waals surface area contributed by atoms with Crippen molar-refractivity contribution in [3.8, 4) is 0 Å². The van der Waals surface area contributed by atoms with Crippen LogP contribution >= 0.6 is 11.8 Å². The maximum Gasteiger partial charge on any atom is 0.0564 e. The van der Waals surface area contributed by atoms with Gasteiger partial charge in [0.1, 0.15) is 0 Å². The van der Waals surface area contributed by atoms with Gasteiger partial charge in [-0.2, -0.15) is 11.8 Å². The fourth-order valence-electron chi connectivity index (χ4n) is 2.36. The second-order valence-corrected chi connectivity index (χ2v) is 6.00. The highest BCUT2D eigenvalue weighted by atomic mass is 32.2. The van der Waals surface area contributed by atoms with Gasteiger partial charge in [-0.25, -0.2) is 0 Å². The van der Waals surface area contributed by atoms with Crippen molar-refractivity contribution in [2.24, 2.45) is 5.92 Å². The molecule has 0 aromatic carbocycles. The molecule has 4 heteroatoms. The van der Waals surface area contributed by atoms with Crippen LogP contribution in [-0.4, -0.2) is 60.8 Å². The van der Waals surface area contributed by atoms with Gasteiger partial charge >= 0.3 is 0 Å². The van der Waals surface area contributed by atoms with E-state index in [1.165, 1.54) is 25.9 Å². The number of piperidine rings is 1. The van der Waals surface area contributed by atoms with E-state index < -0.39 is 0 Å². The van der Waals surface area contributed by atoms with Crippen LogP contribution in [0.5, 0.6) is 0 Å². The van der Waals surface area contributed by atoms with Crippen molar-refractivity contribution in [2.75, 3.05) is 39.5 Å². The van der Waals surface area contributed by atoms with Gasteiger partial charge < -0.3 is 15.3 Å². The maximum absolute atomic E-state index is 9.21. The Balaban J connectivity index is 2.22. The van der Waals surface area contributed by atoms with Crippen LogP contribution in [0.4, 0.5) is 0 Å². The number of hydrogen-bond donors (Lipinski definition) is 2. The van der Waals surface area contributed by atoms with Gasteiger partial charge in [0.2, 0.25) is 0 Å². The van der Waals surface area contributed by atoms with Crippen molar-refractivity contribution in [2.45, 2.75) is 31.1 Å². The molecule has 96 valence electrons. The average molecular weight is 246 g/mol. The molecular weight excluding hydrogens is 220 g/mol. The quantitative estimate of drug-likeness (QED) is 0.734. The molecule has 1 aliphatic rings. The normalized spacial score (nSPS) is 26.6. The van der Waals surface area contributed by atoms with Gasteiger partial charge in [-0.1, -0.05) is 0 Å². The lowest BCUT2D eigenvalue weighted by Gasteiger charge is -2.31. The summed E-state index contributed by atoms with van der Waals surface area (Å²) in [5.41, 5.74) is 0. The third-order valence-electron chi connectivity index (χ3n) is 3.49. The summed E-state index contributed by atoms with van der Waals surface area (Å²) in [5, 5.41) is 13.1. The highest BCUT2D eigenvalue weighted by Crippen LogP contribution is 2.15. The van der Waals surface area contributed by atoms with Crippen molar-refractivity contribution >= 4 is 11.8 Å². The van der Waals surface area contributed by atoms with Crippen LogP contribution in [0.2, 0.25) is 0 Å². The van der Waals surface area contributed by atoms with Crippen LogP contribution in [0.1, 0.15) is 19.8 Å². The minimum Gasteiger partial charge on any atom is -0.395 e. The molecule has 16 heavy (non-hydrogen) atoms. The molecule has 0 aromatic heterocycles. The van der Waals surface area contributed by atoms with Gasteiger partial charge in [0.15, 0.2) is 0 Å². The van der Waals surface area contributed by atoms with E-state index in [0.717, 1.165) is 12.5 Å². The van der Waals surface area contributed by atoms with Crippen LogP contribution in [0.25, 0.3) is 0 Å². The molecule has 0 spiro atoms. The van der Waals surface area contributed by atoms with E-state index in [-0.39, 0.29) is 6.61 Å². The first-order chi connectivity index (χ1) is 7.67. The molecule has 2 N–H and O–H groups in total. The summed E-state index contributed by atoms with van der Waals surface area (Å²) in [4.78, 5) is 2.42. The van der Waals surface area contributed by atoms with Crippen LogP contribution in [0.3, 0.4) is 0 Å². The summed E-state index contributed by atoms with van der Waals surface area (Å²) in [6.07, 6.45) is 4.73. The van der Waals surface area contributed by atoms with Crippen molar-refractivity contribution in [3.05, 3.63) is 0 Å². The third kappa shape index (κ3) is 4.62. The largest absolute Gasteiger partial charge is 0.395 e. The van der Waals surface area contributed by atoms with Crippen LogP contribution in [-0.2, 0) is 0 Å². The van der Waals surface area contributed by atoms with Crippen molar-refractivity contribution in [1.82, 2.24) is 10.2 Å². The Morgan fingerprint density at radius 1 is 1.56 bits per heavy atom. The van der Waals surface area contributed by atoms with E-state index in [4.69, 9.17) is 0 Å². The first kappa shape index (κ1) is 14.3. The first-order valence-corrected chi connectivity index (χ1v) is 7.51. The summed E-state index contributed by atoms with van der Waals surface area (Å²) in [6, 6.07) is 0.396. The van der Waals surface area contributed by atoms with Crippen LogP contribution < -0.4 is 5.32 Å². The van der Waals surface area contributed by atoms with E-state index in [1.54, 1.807) is 11.8 Å². The number of nitrogens with one attached hydrogen (secondary N) is 1. The predicted molar refractivity (Wildman–Crippen MR) is 72.1 cm³/mol. The fourth-order valence-corrected chi connectivity index (χ4v) is 3.01. The minimum atomic E-state index is 0.264. The Bertz CT molecular complexity index is 186. The van der Waals surface area contributed by atoms with E-state index in [0.29, 0.717) is 11.3 Å². The molecule has 0 amide bonds. The predicted octanol–water partition coefficient (Wildman–Crippen LogP) is 1.03. The Labute approximate surface area is 104 Å². The zero-order chi connectivity index (χ0) is 12.0. The minimum absolute atomic E-state index is 0.264. The van der Waals surface area contributed by atoms with Gasteiger partial charge in [-0.05, 0) is 52.1 Å². The molecule has 0 radical (unpaired) electrons. The Hall–Kier alpha value is 0.230. The molecule has 1 rings (SSSR count). The summed E-state index contributed by atoms with van der Waals surface area (Å²) in [6.45, 7) is 5.98. The Morgan fingerprint density at radius 3 is 2.88 bits per heavy atom. The van der Waals surface area contributed by atoms with Gasteiger partial charge in [0.25, 0.3) is 0 Å². The van der Waals surface area contributed by atoms with E-state index in [2.05, 4.69) is 30.4 Å². The lowest BCUT2D eigenvalue weighted by atomic mass is 9.98. The highest BCUT2D eigenvalue weighted by molar-refractivity contribution is 7.99. The number of nitrogens with zero attached hydrogens (tertiary/aromatic N) is 1. The fraction of sp³-hybridized carbons (Fsp3) is 1.00. The number of aliphatic hydroxyl groups excluding tert-OH is 1. The number of thioether (sulfide) groups is 1. The molecular formula is C12H26N2OS. The summed E-state index contributed by atoms with van der Waals surface area (Å²) in [7, 11) is 2.20. The Morgan fingerprint density at radius 2 is 2.31 bits per heavy atom. The van der Waals surface area contributed by atoms with E-state index in [9.17, 15) is 5.11 Å². The highest BCUT2D eigenvalue weighted by Gasteiger charge is 2.20. The molecule has 0 aromatic rings. The number of aliphatic hydroxyl groups is 1. The van der Waals surface area contributed by atoms with Crippen molar-refractivity contribution < 1.29 is 5.11 Å². The molecule has 3 atom stereocenters. The third-order valence-corrected chi connectivity index (χ3v) is 4.65. The zero-order valence-corrected chi connectivity index (χ0v) is 11.6. The molecule has 1 saturated heterocycles. The van der Waals surface area contributed by atoms with Crippen LogP contribution in [0.15, 0.2) is 0 Å². The monoisotopic (exact) mass is 246 g/mol. The van der Waals surface area contributed by atoms with Crippen molar-refractivity contribution in [3.63, 3.8) is 0 Å². The average Bonchev–Trinajstić information content (AvgIpc) is 2.28. The smallest absolute Gasteiger partial charge is 0.0564 e. The maximum atomic E-state index is 9.21. The SMILES string of the molecule is CSC(CO)C(C)NCC1CCCN(C)C1. The summed E-state index contributed by atoms with van der Waals surface area (Å²) >= 11 is 1.74. The number of rotatable bonds is 6. The second-order valence-electron chi connectivity index (χ2n) is 4.92. The molecule has 0 saturated carbocycles. The molecule has 1 heterocycles. The lowest BCUT2D eigenvalue weighted by molar-refractivity contribution is 0.200. The molecule has 0 aliphatic carbocycles. The molecule has 0 bridgehead atoms. The molecule has 3 nitrogen and oxygen atoms in total. The Kier molecular flexibility index (Phi) is 6.73. The van der Waals surface area contributed by atoms with Gasteiger partial charge in [-0.3, -0.25) is 0 Å². The lowest BCUT2D eigenvalue weighted by Crippen LogP contribution is -2.43. The number of likely N-dealkylation sites (tertiary alicyclic amines) is 1.